The Balaban J connectivity index is -0.00000000500. The Morgan fingerprint density at radius 3 is 1.25 bits per heavy atom. The molecular weight excluding hydrogens is 153 g/mol. The van der Waals surface area contributed by atoms with E-state index in [1.54, 1.807) is 0 Å². The average molecular weight is 158 g/mol. The Bertz CT molecular complexity index is 6.00. The van der Waals surface area contributed by atoms with Crippen LogP contribution in [0.3, 0.4) is 0 Å². The van der Waals surface area contributed by atoms with E-state index in [0.717, 1.165) is 0 Å². The average Bonchev–Trinajstić information content (AvgIpc) is 1.00. The summed E-state index contributed by atoms with van der Waals surface area (Å²) in [7, 11) is 0. The first-order chi connectivity index (χ1) is 1.00. The van der Waals surface area contributed by atoms with Crippen LogP contribution in [0.5, 0.6) is 0 Å². The van der Waals surface area contributed by atoms with Crippen molar-refractivity contribution in [2.45, 2.75) is 5.60 Å². The maximum atomic E-state index is 2.00. The summed E-state index contributed by atoms with van der Waals surface area (Å²) in [5.74, 6) is 0. The minimum atomic E-state index is 0. The fourth-order valence-electron chi connectivity index (χ4n) is 0. The van der Waals surface area contributed by atoms with Gasteiger partial charge in [0.15, 0.2) is 0 Å². The summed E-state index contributed by atoms with van der Waals surface area (Å²) in [5, 5.41) is 0. The molecule has 0 aliphatic heterocycles. The van der Waals surface area contributed by atoms with Crippen LogP contribution >= 0.6 is 24.0 Å². The van der Waals surface area contributed by atoms with Crippen molar-refractivity contribution in [1.82, 2.24) is 0 Å². The molecule has 0 radical (unpaired) electrons. The third-order valence-corrected chi connectivity index (χ3v) is 0. The zero-order valence-electron chi connectivity index (χ0n) is 2.41. The molecule has 0 rings (SSSR count). The topological polar surface area (TPSA) is 0 Å². The van der Waals surface area contributed by atoms with Gasteiger partial charge in [-0.1, -0.05) is 0 Å². The van der Waals surface area contributed by atoms with Gasteiger partial charge in [-0.05, 0) is 0 Å². The van der Waals surface area contributed by atoms with Crippen molar-refractivity contribution in [2.24, 2.45) is 0 Å². The van der Waals surface area contributed by atoms with E-state index in [4.69, 9.17) is 0 Å². The van der Waals surface area contributed by atoms with E-state index < -0.39 is 0 Å². The molecule has 3 heteroatoms. The second-order valence-corrected chi connectivity index (χ2v) is 0. The second-order valence-electron chi connectivity index (χ2n) is 0. The molecule has 0 aromatic carbocycles. The van der Waals surface area contributed by atoms with Gasteiger partial charge in [-0.2, -0.15) is 0 Å². The first-order valence-electron chi connectivity index (χ1n) is 1.00. The van der Waals surface area contributed by atoms with Crippen LogP contribution in [0, 0.1) is 0 Å². The second kappa shape index (κ2) is 20.5. The van der Waals surface area contributed by atoms with Crippen molar-refractivity contribution in [3.63, 3.8) is 0 Å². The van der Waals surface area contributed by atoms with Crippen molar-refractivity contribution >= 4 is 60.6 Å². The fourth-order valence-corrected chi connectivity index (χ4v) is 0. The molecule has 0 N–H and O–H groups in total. The van der Waals surface area contributed by atoms with Gasteiger partial charge in [0, 0.05) is 0 Å². The summed E-state index contributed by atoms with van der Waals surface area (Å²) in [5.41, 5.74) is 2.00. The predicted octanol–water partition coefficient (Wildman–Crippen LogP) is 0.172. The van der Waals surface area contributed by atoms with Gasteiger partial charge >= 0.3 is 42.2 Å². The van der Waals surface area contributed by atoms with Crippen molar-refractivity contribution in [1.29, 1.82) is 0 Å². The van der Waals surface area contributed by atoms with Gasteiger partial charge in [0.1, 0.15) is 0 Å². The van der Waals surface area contributed by atoms with Gasteiger partial charge in [0.2, 0.25) is 0 Å². The fraction of sp³-hybridized carbons (Fsp3) is 1.00. The summed E-state index contributed by atoms with van der Waals surface area (Å²) in [4.78, 5) is 0. The van der Waals surface area contributed by atoms with Crippen LogP contribution in [-0.4, -0.2) is 36.6 Å². The van der Waals surface area contributed by atoms with Crippen LogP contribution in [0.4, 0.5) is 0 Å². The third-order valence-electron chi connectivity index (χ3n) is 0. The van der Waals surface area contributed by atoms with Crippen LogP contribution in [0.1, 0.15) is 0 Å². The van der Waals surface area contributed by atoms with Gasteiger partial charge < -0.3 is 0 Å². The number of hydrogen-bond donors (Lipinski definition) is 0. The molecule has 0 amide bonds. The van der Waals surface area contributed by atoms with Crippen LogP contribution in [0.15, 0.2) is 0 Å². The standard InChI is InChI=1S/CH3.HI.2Li.H/h1H3;1H;;;. The van der Waals surface area contributed by atoms with Crippen LogP contribution in [-0.2, 0) is 0 Å². The first-order valence-corrected chi connectivity index (χ1v) is 1.00. The minimum absolute atomic E-state index is 0. The molecule has 0 atom stereocenters. The predicted molar refractivity (Wildman–Crippen MR) is 34.2 cm³/mol. The number of rotatable bonds is 0. The molecule has 0 aliphatic rings. The van der Waals surface area contributed by atoms with Crippen LogP contribution in [0.2, 0.25) is 5.60 Å². The van der Waals surface area contributed by atoms with Crippen molar-refractivity contribution < 1.29 is 0 Å². The quantitative estimate of drug-likeness (QED) is 0.348. The molecule has 0 saturated carbocycles. The Morgan fingerprint density at radius 2 is 1.25 bits per heavy atom. The van der Waals surface area contributed by atoms with E-state index in [9.17, 15) is 0 Å². The van der Waals surface area contributed by atoms with E-state index in [0.29, 0.717) is 0 Å². The summed E-state index contributed by atoms with van der Waals surface area (Å²) < 4.78 is 0. The molecule has 0 heterocycles. The van der Waals surface area contributed by atoms with E-state index in [-0.39, 0.29) is 42.8 Å². The SMILES string of the molecule is I.[LiH].[Li][CH3]. The Morgan fingerprint density at radius 1 is 1.25 bits per heavy atom. The molecule has 0 unspecified atom stereocenters. The first kappa shape index (κ1) is 16.8. The van der Waals surface area contributed by atoms with E-state index in [1.165, 1.54) is 0 Å². The zero-order valence-corrected chi connectivity index (χ0v) is 4.74. The molecule has 0 saturated heterocycles. The molecule has 0 aromatic heterocycles. The molecule has 0 aromatic rings. The van der Waals surface area contributed by atoms with Crippen molar-refractivity contribution in [2.75, 3.05) is 0 Å². The van der Waals surface area contributed by atoms with E-state index in [1.807, 2.05) is 23.3 Å². The molecule has 4 heavy (non-hydrogen) atoms. The summed E-state index contributed by atoms with van der Waals surface area (Å²) in [6.07, 6.45) is 0. The van der Waals surface area contributed by atoms with Gasteiger partial charge in [0.25, 0.3) is 0 Å². The Hall–Kier alpha value is 1.92. The van der Waals surface area contributed by atoms with Crippen LogP contribution in [0.25, 0.3) is 0 Å². The van der Waals surface area contributed by atoms with Gasteiger partial charge in [-0.25, -0.2) is 0 Å². The maximum absolute atomic E-state index is 2.00. The third kappa shape index (κ3) is 9.06. The normalized spacial score (nSPS) is 1.75. The molecule has 0 aliphatic carbocycles. The van der Waals surface area contributed by atoms with Crippen LogP contribution < -0.4 is 0 Å². The number of halogens is 1. The van der Waals surface area contributed by atoms with Gasteiger partial charge in [-0.15, -0.1) is 24.0 Å². The Kier molecular flexibility index (Phi) is 86.0. The Labute approximate surface area is 65.5 Å². The zero-order chi connectivity index (χ0) is 2.00. The monoisotopic (exact) mass is 158 g/mol. The summed E-state index contributed by atoms with van der Waals surface area (Å²) >= 11 is 2.00. The van der Waals surface area contributed by atoms with Crippen molar-refractivity contribution in [3.05, 3.63) is 0 Å². The number of hydrogen-bond acceptors (Lipinski definition) is 0. The van der Waals surface area contributed by atoms with Crippen molar-refractivity contribution in [3.8, 4) is 0 Å². The molecule has 0 nitrogen and oxygen atoms in total. The van der Waals surface area contributed by atoms with E-state index >= 15 is 0 Å². The van der Waals surface area contributed by atoms with E-state index in [2.05, 4.69) is 0 Å². The molecule has 0 fully saturated rings. The molecule has 18 valence electrons. The molecule has 0 spiro atoms. The molecule has 0 bridgehead atoms. The van der Waals surface area contributed by atoms with Gasteiger partial charge in [-0.3, -0.25) is 0 Å². The van der Waals surface area contributed by atoms with Gasteiger partial charge in [0.05, 0.1) is 0 Å². The summed E-state index contributed by atoms with van der Waals surface area (Å²) in [6, 6.07) is 0. The summed E-state index contributed by atoms with van der Waals surface area (Å²) in [6.45, 7) is 0. The molecular formula is CH5ILi2.